The predicted molar refractivity (Wildman–Crippen MR) is 156 cm³/mol. The normalized spacial score (nSPS) is 16.5. The van der Waals surface area contributed by atoms with Gasteiger partial charge in [-0.15, -0.1) is 6.58 Å². The van der Waals surface area contributed by atoms with Gasteiger partial charge in [0.05, 0.1) is 22.9 Å². The first-order valence-corrected chi connectivity index (χ1v) is 20.5. The van der Waals surface area contributed by atoms with Gasteiger partial charge in [-0.1, -0.05) is 79.7 Å². The molecule has 0 aliphatic carbocycles. The van der Waals surface area contributed by atoms with Crippen molar-refractivity contribution in [1.82, 2.24) is 0 Å². The summed E-state index contributed by atoms with van der Waals surface area (Å²) in [5, 5.41) is 0. The van der Waals surface area contributed by atoms with Gasteiger partial charge < -0.3 is 8.85 Å². The van der Waals surface area contributed by atoms with Gasteiger partial charge in [0.25, 0.3) is 0 Å². The number of sulfone groups is 1. The van der Waals surface area contributed by atoms with E-state index in [1.54, 1.807) is 24.3 Å². The van der Waals surface area contributed by atoms with Crippen molar-refractivity contribution >= 4 is 26.5 Å². The van der Waals surface area contributed by atoms with Crippen LogP contribution in [0.25, 0.3) is 0 Å². The van der Waals surface area contributed by atoms with Crippen molar-refractivity contribution in [2.45, 2.75) is 115 Å². The van der Waals surface area contributed by atoms with Crippen LogP contribution in [-0.4, -0.2) is 43.0 Å². The fraction of sp³-hybridized carbons (Fsp3) is 0.714. The minimum atomic E-state index is -3.38. The van der Waals surface area contributed by atoms with Gasteiger partial charge in [-0.25, -0.2) is 8.42 Å². The molecule has 0 amide bonds. The van der Waals surface area contributed by atoms with E-state index in [0.717, 1.165) is 36.3 Å². The Labute approximate surface area is 219 Å². The second-order valence-electron chi connectivity index (χ2n) is 10.1. The van der Waals surface area contributed by atoms with Gasteiger partial charge in [0, 0.05) is 5.92 Å². The van der Waals surface area contributed by atoms with Crippen molar-refractivity contribution in [3.05, 3.63) is 43.0 Å². The van der Waals surface area contributed by atoms with E-state index in [1.165, 1.54) is 0 Å². The maximum atomic E-state index is 13.2. The average Bonchev–Trinajstić information content (AvgIpc) is 2.90. The topological polar surface area (TPSA) is 52.6 Å². The molecule has 4 nitrogen and oxygen atoms in total. The highest BCUT2D eigenvalue weighted by Crippen LogP contribution is 2.35. The van der Waals surface area contributed by atoms with E-state index in [-0.39, 0.29) is 29.8 Å². The molecule has 1 aromatic carbocycles. The first-order chi connectivity index (χ1) is 16.5. The number of hydrogen-bond donors (Lipinski definition) is 0. The lowest BCUT2D eigenvalue weighted by molar-refractivity contribution is 0.0182. The second-order valence-corrected chi connectivity index (χ2v) is 21.7. The lowest BCUT2D eigenvalue weighted by Crippen LogP contribution is -2.50. The molecule has 7 heteroatoms. The van der Waals surface area contributed by atoms with Crippen molar-refractivity contribution in [3.63, 3.8) is 0 Å². The maximum absolute atomic E-state index is 13.2. The van der Waals surface area contributed by atoms with Crippen LogP contribution in [0.15, 0.2) is 47.9 Å². The largest absolute Gasteiger partial charge is 0.414 e. The summed E-state index contributed by atoms with van der Waals surface area (Å²) in [5.74, 6) is 0.321. The zero-order valence-corrected chi connectivity index (χ0v) is 26.5. The van der Waals surface area contributed by atoms with Crippen LogP contribution in [0.5, 0.6) is 0 Å². The quantitative estimate of drug-likeness (QED) is 0.139. The third-order valence-electron chi connectivity index (χ3n) is 8.42. The molecule has 0 aliphatic rings. The van der Waals surface area contributed by atoms with Crippen LogP contribution in [0.2, 0.25) is 36.3 Å². The molecule has 0 saturated heterocycles. The summed E-state index contributed by atoms with van der Waals surface area (Å²) in [6.45, 7) is 21.9. The fourth-order valence-electron chi connectivity index (χ4n) is 5.10. The van der Waals surface area contributed by atoms with E-state index < -0.39 is 26.5 Å². The molecule has 0 spiro atoms. The summed E-state index contributed by atoms with van der Waals surface area (Å²) in [4.78, 5) is 0.387. The van der Waals surface area contributed by atoms with Gasteiger partial charge in [0.2, 0.25) is 0 Å². The molecule has 0 fully saturated rings. The Kier molecular flexibility index (Phi) is 13.7. The zero-order chi connectivity index (χ0) is 26.7. The van der Waals surface area contributed by atoms with Gasteiger partial charge in [0.1, 0.15) is 0 Å². The fourth-order valence-corrected chi connectivity index (χ4v) is 12.4. The molecule has 1 aromatic rings. The Morgan fingerprint density at radius 1 is 0.829 bits per heavy atom. The summed E-state index contributed by atoms with van der Waals surface area (Å²) in [6.07, 6.45) is 2.28. The van der Waals surface area contributed by atoms with Crippen LogP contribution in [0.4, 0.5) is 0 Å². The molecule has 0 bridgehead atoms. The highest BCUT2D eigenvalue weighted by Gasteiger charge is 2.41. The molecule has 0 radical (unpaired) electrons. The number of hydrogen-bond acceptors (Lipinski definition) is 4. The first-order valence-electron chi connectivity index (χ1n) is 13.8. The van der Waals surface area contributed by atoms with Gasteiger partial charge in [-0.05, 0) is 60.7 Å². The molecule has 202 valence electrons. The second kappa shape index (κ2) is 14.9. The first kappa shape index (κ1) is 32.3. The molecular weight excluding hydrogens is 489 g/mol. The van der Waals surface area contributed by atoms with E-state index >= 15 is 0 Å². The monoisotopic (exact) mass is 540 g/mol. The van der Waals surface area contributed by atoms with E-state index in [2.05, 4.69) is 62.0 Å². The minimum Gasteiger partial charge on any atom is -0.414 e. The molecule has 0 unspecified atom stereocenters. The molecule has 4 atom stereocenters. The summed E-state index contributed by atoms with van der Waals surface area (Å²) < 4.78 is 40.5. The minimum absolute atomic E-state index is 0.0271. The SMILES string of the molecule is C=C[C@H](C)[C@H](O[Si](CC)(CC)CC)[C@H](C)[C@H](CCS(=O)(=O)c1ccccc1)O[Si](CC)(CC)CC. The van der Waals surface area contributed by atoms with Crippen LogP contribution < -0.4 is 0 Å². The van der Waals surface area contributed by atoms with Crippen molar-refractivity contribution in [2.75, 3.05) is 5.75 Å². The Morgan fingerprint density at radius 2 is 1.29 bits per heavy atom. The summed E-state index contributed by atoms with van der Waals surface area (Å²) in [6, 6.07) is 15.1. The molecule has 35 heavy (non-hydrogen) atoms. The number of benzene rings is 1. The van der Waals surface area contributed by atoms with Crippen LogP contribution in [-0.2, 0) is 18.7 Å². The van der Waals surface area contributed by atoms with Crippen molar-refractivity contribution in [1.29, 1.82) is 0 Å². The molecule has 0 heterocycles. The molecule has 1 rings (SSSR count). The van der Waals surface area contributed by atoms with Crippen LogP contribution in [0.3, 0.4) is 0 Å². The van der Waals surface area contributed by atoms with Crippen molar-refractivity contribution < 1.29 is 17.3 Å². The van der Waals surface area contributed by atoms with Crippen molar-refractivity contribution in [3.8, 4) is 0 Å². The predicted octanol–water partition coefficient (Wildman–Crippen LogP) is 8.09. The van der Waals surface area contributed by atoms with E-state index in [1.807, 2.05) is 12.1 Å². The molecular formula is C28H52O4SSi2. The molecule has 0 aromatic heterocycles. The third-order valence-corrected chi connectivity index (χ3v) is 19.5. The maximum Gasteiger partial charge on any atom is 0.192 e. The van der Waals surface area contributed by atoms with Gasteiger partial charge >= 0.3 is 0 Å². The molecule has 0 saturated carbocycles. The highest BCUT2D eigenvalue weighted by molar-refractivity contribution is 7.91. The van der Waals surface area contributed by atoms with Gasteiger partial charge in [-0.3, -0.25) is 0 Å². The van der Waals surface area contributed by atoms with E-state index in [9.17, 15) is 8.42 Å². The lowest BCUT2D eigenvalue weighted by Gasteiger charge is -2.43. The average molecular weight is 541 g/mol. The number of rotatable bonds is 18. The lowest BCUT2D eigenvalue weighted by atomic mass is 9.88. The van der Waals surface area contributed by atoms with E-state index in [4.69, 9.17) is 8.85 Å². The van der Waals surface area contributed by atoms with Gasteiger partial charge in [0.15, 0.2) is 26.5 Å². The summed E-state index contributed by atoms with van der Waals surface area (Å²) in [5.41, 5.74) is 0. The van der Waals surface area contributed by atoms with E-state index in [0.29, 0.717) is 11.3 Å². The van der Waals surface area contributed by atoms with Crippen LogP contribution in [0.1, 0.15) is 61.8 Å². The Morgan fingerprint density at radius 3 is 1.71 bits per heavy atom. The Bertz CT molecular complexity index is 819. The smallest absolute Gasteiger partial charge is 0.192 e. The molecule has 0 aliphatic heterocycles. The van der Waals surface area contributed by atoms with Crippen molar-refractivity contribution in [2.24, 2.45) is 11.8 Å². The van der Waals surface area contributed by atoms with Gasteiger partial charge in [-0.2, -0.15) is 0 Å². The van der Waals surface area contributed by atoms with Crippen LogP contribution in [0, 0.1) is 11.8 Å². The molecule has 0 N–H and O–H groups in total. The summed E-state index contributed by atoms with van der Waals surface area (Å²) in [7, 11) is -7.21. The Hall–Kier alpha value is -0.736. The zero-order valence-electron chi connectivity index (χ0n) is 23.7. The summed E-state index contributed by atoms with van der Waals surface area (Å²) >= 11 is 0. The van der Waals surface area contributed by atoms with Crippen LogP contribution >= 0.6 is 0 Å². The Balaban J connectivity index is 3.37. The highest BCUT2D eigenvalue weighted by atomic mass is 32.2. The standard InChI is InChI=1S/C28H52O4SSi2/c1-10-24(8)28(32-35(14-5,15-6)16-7)25(9)27(31-34(11-2,12-3)13-4)22-23-33(29,30)26-20-18-17-19-21-26/h10,17-21,24-25,27-28H,1,11-16,22-23H2,2-9H3/t24-,25+,27-,28-/m0/s1. The third kappa shape index (κ3) is 8.66.